The maximum atomic E-state index is 3.35. The van der Waals surface area contributed by atoms with Crippen LogP contribution in [0.3, 0.4) is 0 Å². The maximum absolute atomic E-state index is 3.35. The molecule has 0 rings (SSSR count). The van der Waals surface area contributed by atoms with Gasteiger partial charge in [0.15, 0.2) is 0 Å². The molecule has 80 valence electrons. The zero-order valence-electron chi connectivity index (χ0n) is 10.1. The Morgan fingerprint density at radius 2 is 1.46 bits per heavy atom. The maximum Gasteiger partial charge on any atom is 0.0264 e. The van der Waals surface area contributed by atoms with Crippen LogP contribution in [0.4, 0.5) is 0 Å². The fourth-order valence-corrected chi connectivity index (χ4v) is 0.736. The lowest BCUT2D eigenvalue weighted by atomic mass is 9.91. The van der Waals surface area contributed by atoms with Crippen LogP contribution in [0.5, 0.6) is 0 Å². The van der Waals surface area contributed by atoms with Gasteiger partial charge in [0.2, 0.25) is 0 Å². The first kappa shape index (κ1) is 12.9. The first-order valence-corrected chi connectivity index (χ1v) is 5.33. The molecule has 2 heteroatoms. The highest BCUT2D eigenvalue weighted by Gasteiger charge is 2.17. The van der Waals surface area contributed by atoms with Gasteiger partial charge in [-0.25, -0.2) is 0 Å². The Bertz CT molecular complexity index is 123. The predicted molar refractivity (Wildman–Crippen MR) is 59.6 cm³/mol. The van der Waals surface area contributed by atoms with Gasteiger partial charge in [-0.15, -0.1) is 0 Å². The molecule has 0 heterocycles. The Morgan fingerprint density at radius 3 is 1.85 bits per heavy atom. The first-order valence-electron chi connectivity index (χ1n) is 5.33. The Kier molecular flexibility index (Phi) is 4.93. The fraction of sp³-hybridized carbons (Fsp3) is 1.00. The lowest BCUT2D eigenvalue weighted by Crippen LogP contribution is -2.50. The van der Waals surface area contributed by atoms with Crippen LogP contribution in [0, 0.1) is 5.41 Å². The highest BCUT2D eigenvalue weighted by Crippen LogP contribution is 2.17. The summed E-state index contributed by atoms with van der Waals surface area (Å²) in [6.45, 7) is 14.4. The Hall–Kier alpha value is -0.0800. The van der Waals surface area contributed by atoms with Crippen LogP contribution in [-0.2, 0) is 0 Å². The first-order chi connectivity index (χ1) is 5.83. The van der Waals surface area contributed by atoms with Crippen molar-refractivity contribution in [3.05, 3.63) is 0 Å². The van der Waals surface area contributed by atoms with Gasteiger partial charge in [-0.3, -0.25) is 10.9 Å². The van der Waals surface area contributed by atoms with Crippen LogP contribution in [0.1, 0.15) is 54.4 Å². The van der Waals surface area contributed by atoms with E-state index in [2.05, 4.69) is 52.4 Å². The second kappa shape index (κ2) is 4.97. The van der Waals surface area contributed by atoms with Crippen molar-refractivity contribution in [2.24, 2.45) is 5.41 Å². The van der Waals surface area contributed by atoms with Crippen molar-refractivity contribution in [3.8, 4) is 0 Å². The summed E-state index contributed by atoms with van der Waals surface area (Å²) in [4.78, 5) is 0. The molecule has 0 radical (unpaired) electrons. The van der Waals surface area contributed by atoms with Gasteiger partial charge in [-0.05, 0) is 32.1 Å². The van der Waals surface area contributed by atoms with E-state index in [0.29, 0.717) is 5.41 Å². The second-order valence-electron chi connectivity index (χ2n) is 5.23. The summed E-state index contributed by atoms with van der Waals surface area (Å²) < 4.78 is 0. The number of hydrogen-bond acceptors (Lipinski definition) is 2. The molecule has 2 nitrogen and oxygen atoms in total. The van der Waals surface area contributed by atoms with E-state index in [9.17, 15) is 0 Å². The van der Waals surface area contributed by atoms with Crippen molar-refractivity contribution < 1.29 is 0 Å². The number of hydrazine groups is 1. The minimum Gasteiger partial charge on any atom is -0.257 e. The minimum atomic E-state index is 0.198. The molecule has 0 aliphatic carbocycles. The highest BCUT2D eigenvalue weighted by molar-refractivity contribution is 4.75. The van der Waals surface area contributed by atoms with Gasteiger partial charge in [-0.1, -0.05) is 27.7 Å². The van der Waals surface area contributed by atoms with Crippen LogP contribution in [0.25, 0.3) is 0 Å². The second-order valence-corrected chi connectivity index (χ2v) is 5.23. The third-order valence-corrected chi connectivity index (χ3v) is 2.83. The molecule has 0 spiro atoms. The molecular formula is C11H26N2. The molecule has 0 saturated carbocycles. The van der Waals surface area contributed by atoms with E-state index in [1.165, 1.54) is 6.42 Å². The number of rotatable bonds is 6. The standard InChI is InChI=1S/C11H26N2/c1-7-10(3,4)9-12-13-11(5,6)8-2/h12-13H,7-9H2,1-6H3. The quantitative estimate of drug-likeness (QED) is 0.623. The lowest BCUT2D eigenvalue weighted by molar-refractivity contribution is 0.254. The van der Waals surface area contributed by atoms with Crippen molar-refractivity contribution in [2.45, 2.75) is 59.9 Å². The van der Waals surface area contributed by atoms with E-state index in [-0.39, 0.29) is 5.54 Å². The minimum absolute atomic E-state index is 0.198. The zero-order chi connectivity index (χ0) is 10.5. The van der Waals surface area contributed by atoms with E-state index >= 15 is 0 Å². The number of hydrogen-bond donors (Lipinski definition) is 2. The van der Waals surface area contributed by atoms with Crippen LogP contribution < -0.4 is 10.9 Å². The topological polar surface area (TPSA) is 24.1 Å². The molecule has 0 aliphatic rings. The van der Waals surface area contributed by atoms with Gasteiger partial charge >= 0.3 is 0 Å². The van der Waals surface area contributed by atoms with Crippen LogP contribution in [0.2, 0.25) is 0 Å². The van der Waals surface area contributed by atoms with Crippen LogP contribution >= 0.6 is 0 Å². The molecule has 0 aromatic heterocycles. The summed E-state index contributed by atoms with van der Waals surface area (Å²) in [5, 5.41) is 0. The van der Waals surface area contributed by atoms with Gasteiger partial charge in [0.25, 0.3) is 0 Å². The summed E-state index contributed by atoms with van der Waals surface area (Å²) >= 11 is 0. The summed E-state index contributed by atoms with van der Waals surface area (Å²) in [6, 6.07) is 0. The molecule has 0 bridgehead atoms. The highest BCUT2D eigenvalue weighted by atomic mass is 15.4. The fourth-order valence-electron chi connectivity index (χ4n) is 0.736. The average Bonchev–Trinajstić information content (AvgIpc) is 2.04. The van der Waals surface area contributed by atoms with Crippen molar-refractivity contribution >= 4 is 0 Å². The van der Waals surface area contributed by atoms with Gasteiger partial charge in [0.05, 0.1) is 0 Å². The molecule has 0 fully saturated rings. The zero-order valence-corrected chi connectivity index (χ0v) is 10.1. The summed E-state index contributed by atoms with van der Waals surface area (Å²) in [5.74, 6) is 0. The SMILES string of the molecule is CCC(C)(C)CNNC(C)(C)CC. The third-order valence-electron chi connectivity index (χ3n) is 2.83. The van der Waals surface area contributed by atoms with E-state index < -0.39 is 0 Å². The van der Waals surface area contributed by atoms with E-state index in [1.807, 2.05) is 0 Å². The van der Waals surface area contributed by atoms with Crippen molar-refractivity contribution in [1.82, 2.24) is 10.9 Å². The monoisotopic (exact) mass is 186 g/mol. The molecular weight excluding hydrogens is 160 g/mol. The van der Waals surface area contributed by atoms with Crippen molar-refractivity contribution in [3.63, 3.8) is 0 Å². The van der Waals surface area contributed by atoms with Gasteiger partial charge in [0, 0.05) is 12.1 Å². The summed E-state index contributed by atoms with van der Waals surface area (Å²) in [7, 11) is 0. The van der Waals surface area contributed by atoms with E-state index in [4.69, 9.17) is 0 Å². The Morgan fingerprint density at radius 1 is 0.923 bits per heavy atom. The van der Waals surface area contributed by atoms with Crippen LogP contribution in [-0.4, -0.2) is 12.1 Å². The van der Waals surface area contributed by atoms with Gasteiger partial charge < -0.3 is 0 Å². The molecule has 13 heavy (non-hydrogen) atoms. The number of nitrogens with one attached hydrogen (secondary N) is 2. The Balaban J connectivity index is 3.68. The molecule has 0 aromatic rings. The third kappa shape index (κ3) is 6.05. The molecule has 0 unspecified atom stereocenters. The molecule has 0 aromatic carbocycles. The molecule has 0 saturated heterocycles. The summed E-state index contributed by atoms with van der Waals surface area (Å²) in [5.41, 5.74) is 7.25. The predicted octanol–water partition coefficient (Wildman–Crippen LogP) is 2.71. The molecule has 2 N–H and O–H groups in total. The van der Waals surface area contributed by atoms with Crippen molar-refractivity contribution in [1.29, 1.82) is 0 Å². The smallest absolute Gasteiger partial charge is 0.0264 e. The van der Waals surface area contributed by atoms with Gasteiger partial charge in [0.1, 0.15) is 0 Å². The normalized spacial score (nSPS) is 13.4. The largest absolute Gasteiger partial charge is 0.257 e. The van der Waals surface area contributed by atoms with Crippen LogP contribution in [0.15, 0.2) is 0 Å². The molecule has 0 aliphatic heterocycles. The summed E-state index contributed by atoms with van der Waals surface area (Å²) in [6.07, 6.45) is 2.33. The van der Waals surface area contributed by atoms with E-state index in [0.717, 1.165) is 13.0 Å². The lowest BCUT2D eigenvalue weighted by Gasteiger charge is -2.29. The average molecular weight is 186 g/mol. The van der Waals surface area contributed by atoms with Crippen molar-refractivity contribution in [2.75, 3.05) is 6.54 Å². The Labute approximate surface area is 83.5 Å². The van der Waals surface area contributed by atoms with Gasteiger partial charge in [-0.2, -0.15) is 0 Å². The molecule has 0 amide bonds. The van der Waals surface area contributed by atoms with E-state index in [1.54, 1.807) is 0 Å². The molecule has 0 atom stereocenters.